The van der Waals surface area contributed by atoms with Gasteiger partial charge in [-0.3, -0.25) is 0 Å². The molecule has 0 atom stereocenters. The molecule has 0 aliphatic rings. The fraction of sp³-hybridized carbons (Fsp3) is 0.130. The zero-order valence-corrected chi connectivity index (χ0v) is 16.5. The van der Waals surface area contributed by atoms with Crippen LogP contribution in [0.2, 0.25) is 0 Å². The summed E-state index contributed by atoms with van der Waals surface area (Å²) in [6, 6.07) is 19.2. The molecule has 0 aliphatic heterocycles. The highest BCUT2D eigenvalue weighted by atomic mass is 19.1. The van der Waals surface area contributed by atoms with Crippen LogP contribution in [0.25, 0.3) is 22.8 Å². The lowest BCUT2D eigenvalue weighted by Gasteiger charge is -2.12. The van der Waals surface area contributed by atoms with Crippen molar-refractivity contribution in [1.29, 1.82) is 0 Å². The molecule has 0 spiro atoms. The average Bonchev–Trinajstić information content (AvgIpc) is 3.28. The van der Waals surface area contributed by atoms with E-state index in [0.717, 1.165) is 11.3 Å². The van der Waals surface area contributed by atoms with Gasteiger partial charge < -0.3 is 18.7 Å². The van der Waals surface area contributed by atoms with Crippen molar-refractivity contribution in [2.75, 3.05) is 14.2 Å². The molecule has 0 saturated heterocycles. The highest BCUT2D eigenvalue weighted by molar-refractivity contribution is 5.63. The summed E-state index contributed by atoms with van der Waals surface area (Å²) in [5.74, 6) is 1.87. The van der Waals surface area contributed by atoms with Crippen molar-refractivity contribution in [3.8, 4) is 40.1 Å². The first-order valence-corrected chi connectivity index (χ1v) is 9.20. The molecule has 0 fully saturated rings. The first kappa shape index (κ1) is 19.4. The molecule has 0 aliphatic carbocycles. The van der Waals surface area contributed by atoms with E-state index in [2.05, 4.69) is 10.1 Å². The summed E-state index contributed by atoms with van der Waals surface area (Å²) < 4.78 is 35.8. The van der Waals surface area contributed by atoms with E-state index in [0.29, 0.717) is 29.5 Å². The number of benzene rings is 3. The van der Waals surface area contributed by atoms with Crippen LogP contribution in [0.5, 0.6) is 17.2 Å². The molecule has 0 N–H and O–H groups in total. The molecule has 6 nitrogen and oxygen atoms in total. The maximum Gasteiger partial charge on any atom is 0.261 e. The number of ether oxygens (including phenoxy) is 3. The van der Waals surface area contributed by atoms with Crippen LogP contribution >= 0.6 is 0 Å². The summed E-state index contributed by atoms with van der Waals surface area (Å²) in [4.78, 5) is 4.30. The van der Waals surface area contributed by atoms with Crippen LogP contribution in [0.3, 0.4) is 0 Å². The van der Waals surface area contributed by atoms with Crippen LogP contribution < -0.4 is 14.2 Å². The molecule has 0 bridgehead atoms. The largest absolute Gasteiger partial charge is 0.497 e. The SMILES string of the molecule is COc1cccc(COc2ccc(-c3noc(-c4ccccc4F)n3)cc2OC)c1. The second-order valence-electron chi connectivity index (χ2n) is 6.41. The summed E-state index contributed by atoms with van der Waals surface area (Å²) in [5.41, 5.74) is 1.88. The predicted molar refractivity (Wildman–Crippen MR) is 109 cm³/mol. The normalized spacial score (nSPS) is 10.6. The Kier molecular flexibility index (Phi) is 5.61. The highest BCUT2D eigenvalue weighted by Gasteiger charge is 2.16. The Bertz CT molecular complexity index is 1160. The zero-order valence-electron chi connectivity index (χ0n) is 16.5. The summed E-state index contributed by atoms with van der Waals surface area (Å²) in [5, 5.41) is 3.96. The molecule has 30 heavy (non-hydrogen) atoms. The van der Waals surface area contributed by atoms with Gasteiger partial charge in [0.2, 0.25) is 5.82 Å². The van der Waals surface area contributed by atoms with Crippen molar-refractivity contribution in [2.24, 2.45) is 0 Å². The van der Waals surface area contributed by atoms with Crippen molar-refractivity contribution >= 4 is 0 Å². The number of aromatic nitrogens is 2. The van der Waals surface area contributed by atoms with Crippen molar-refractivity contribution < 1.29 is 23.1 Å². The summed E-state index contributed by atoms with van der Waals surface area (Å²) >= 11 is 0. The fourth-order valence-corrected chi connectivity index (χ4v) is 2.93. The van der Waals surface area contributed by atoms with Crippen LogP contribution in [-0.4, -0.2) is 24.4 Å². The third-order valence-electron chi connectivity index (χ3n) is 4.48. The first-order valence-electron chi connectivity index (χ1n) is 9.20. The van der Waals surface area contributed by atoms with Gasteiger partial charge in [0.1, 0.15) is 18.2 Å². The van der Waals surface area contributed by atoms with E-state index in [1.54, 1.807) is 50.6 Å². The number of methoxy groups -OCH3 is 2. The predicted octanol–water partition coefficient (Wildman–Crippen LogP) is 5.14. The van der Waals surface area contributed by atoms with E-state index < -0.39 is 5.82 Å². The van der Waals surface area contributed by atoms with Crippen molar-refractivity contribution in [3.05, 3.63) is 78.1 Å². The monoisotopic (exact) mass is 406 g/mol. The number of halogens is 1. The molecule has 1 aromatic heterocycles. The molecule has 0 amide bonds. The Hall–Kier alpha value is -3.87. The highest BCUT2D eigenvalue weighted by Crippen LogP contribution is 2.33. The van der Waals surface area contributed by atoms with Gasteiger partial charge >= 0.3 is 0 Å². The van der Waals surface area contributed by atoms with Gasteiger partial charge in [-0.1, -0.05) is 29.4 Å². The van der Waals surface area contributed by atoms with Gasteiger partial charge in [0.25, 0.3) is 5.89 Å². The number of hydrogen-bond donors (Lipinski definition) is 0. The average molecular weight is 406 g/mol. The lowest BCUT2D eigenvalue weighted by Crippen LogP contribution is -1.98. The fourth-order valence-electron chi connectivity index (χ4n) is 2.93. The van der Waals surface area contributed by atoms with Gasteiger partial charge in [-0.2, -0.15) is 4.98 Å². The Morgan fingerprint density at radius 3 is 2.57 bits per heavy atom. The molecule has 3 aromatic carbocycles. The van der Waals surface area contributed by atoms with Crippen LogP contribution in [0.1, 0.15) is 5.56 Å². The lowest BCUT2D eigenvalue weighted by molar-refractivity contribution is 0.284. The van der Waals surface area contributed by atoms with E-state index >= 15 is 0 Å². The minimum Gasteiger partial charge on any atom is -0.497 e. The van der Waals surface area contributed by atoms with E-state index in [4.69, 9.17) is 18.7 Å². The van der Waals surface area contributed by atoms with Crippen LogP contribution in [0, 0.1) is 5.82 Å². The first-order chi connectivity index (χ1) is 14.7. The number of rotatable bonds is 7. The second kappa shape index (κ2) is 8.65. The third-order valence-corrected chi connectivity index (χ3v) is 4.48. The van der Waals surface area contributed by atoms with Crippen LogP contribution in [-0.2, 0) is 6.61 Å². The minimum absolute atomic E-state index is 0.111. The Morgan fingerprint density at radius 2 is 1.77 bits per heavy atom. The quantitative estimate of drug-likeness (QED) is 0.423. The van der Waals surface area contributed by atoms with Crippen LogP contribution in [0.15, 0.2) is 71.3 Å². The van der Waals surface area contributed by atoms with Gasteiger partial charge in [0.05, 0.1) is 19.8 Å². The van der Waals surface area contributed by atoms with E-state index in [-0.39, 0.29) is 11.5 Å². The zero-order chi connectivity index (χ0) is 20.9. The molecule has 4 rings (SSSR count). The molecule has 0 radical (unpaired) electrons. The molecule has 152 valence electrons. The Labute approximate surface area is 172 Å². The van der Waals surface area contributed by atoms with Crippen molar-refractivity contribution in [2.45, 2.75) is 6.61 Å². The summed E-state index contributed by atoms with van der Waals surface area (Å²) in [7, 11) is 3.18. The molecule has 7 heteroatoms. The summed E-state index contributed by atoms with van der Waals surface area (Å²) in [6.07, 6.45) is 0. The van der Waals surface area contributed by atoms with E-state index in [9.17, 15) is 4.39 Å². The maximum absolute atomic E-state index is 14.0. The topological polar surface area (TPSA) is 66.6 Å². The molecule has 0 unspecified atom stereocenters. The number of nitrogens with zero attached hydrogens (tertiary/aromatic N) is 2. The number of hydrogen-bond acceptors (Lipinski definition) is 6. The molecule has 1 heterocycles. The van der Waals surface area contributed by atoms with Gasteiger partial charge in [-0.15, -0.1) is 0 Å². The Balaban J connectivity index is 1.54. The smallest absolute Gasteiger partial charge is 0.261 e. The van der Waals surface area contributed by atoms with Crippen molar-refractivity contribution in [1.82, 2.24) is 10.1 Å². The van der Waals surface area contributed by atoms with Gasteiger partial charge in [-0.25, -0.2) is 4.39 Å². The standard InChI is InChI=1S/C23H19FN2O4/c1-27-17-7-5-6-15(12-17)14-29-20-11-10-16(13-21(20)28-2)22-25-23(30-26-22)18-8-3-4-9-19(18)24/h3-13H,14H2,1-2H3. The second-order valence-corrected chi connectivity index (χ2v) is 6.41. The molecular weight excluding hydrogens is 387 g/mol. The summed E-state index contributed by atoms with van der Waals surface area (Å²) in [6.45, 7) is 0.354. The van der Waals surface area contributed by atoms with Gasteiger partial charge in [-0.05, 0) is 48.0 Å². The molecule has 0 saturated carbocycles. The van der Waals surface area contributed by atoms with E-state index in [1.807, 2.05) is 24.3 Å². The maximum atomic E-state index is 14.0. The molecule has 4 aromatic rings. The van der Waals surface area contributed by atoms with Gasteiger partial charge in [0.15, 0.2) is 11.5 Å². The lowest BCUT2D eigenvalue weighted by atomic mass is 10.2. The third kappa shape index (κ3) is 4.10. The van der Waals surface area contributed by atoms with E-state index in [1.165, 1.54) is 6.07 Å². The van der Waals surface area contributed by atoms with Crippen LogP contribution in [0.4, 0.5) is 4.39 Å². The molecular formula is C23H19FN2O4. The van der Waals surface area contributed by atoms with Gasteiger partial charge in [0, 0.05) is 5.56 Å². The van der Waals surface area contributed by atoms with Crippen molar-refractivity contribution in [3.63, 3.8) is 0 Å². The Morgan fingerprint density at radius 1 is 0.900 bits per heavy atom. The minimum atomic E-state index is -0.424.